The van der Waals surface area contributed by atoms with Gasteiger partial charge in [0.2, 0.25) is 0 Å². The van der Waals surface area contributed by atoms with Crippen LogP contribution in [0.1, 0.15) is 27.2 Å². The summed E-state index contributed by atoms with van der Waals surface area (Å²) in [5.74, 6) is 0. The second-order valence-corrected chi connectivity index (χ2v) is 5.38. The van der Waals surface area contributed by atoms with E-state index in [2.05, 4.69) is 50.0 Å². The smallest absolute Gasteiger partial charge is 0.0209 e. The molecule has 2 atom stereocenters. The molecule has 90 valence electrons. The van der Waals surface area contributed by atoms with E-state index in [0.29, 0.717) is 18.1 Å². The summed E-state index contributed by atoms with van der Waals surface area (Å²) in [4.78, 5) is 4.87. The monoisotopic (exact) mass is 213 g/mol. The lowest BCUT2D eigenvalue weighted by Gasteiger charge is -2.26. The standard InChI is InChI=1S/C12H27N3/c1-10(2)13-12-6-7-15(9-12)8-11(3)14(4)5/h10-13H,6-9H2,1-5H3. The summed E-state index contributed by atoms with van der Waals surface area (Å²) in [6.07, 6.45) is 1.30. The Labute approximate surface area is 94.8 Å². The van der Waals surface area contributed by atoms with E-state index in [4.69, 9.17) is 0 Å². The molecule has 0 aliphatic carbocycles. The fourth-order valence-corrected chi connectivity index (χ4v) is 2.14. The van der Waals surface area contributed by atoms with Crippen LogP contribution >= 0.6 is 0 Å². The maximum Gasteiger partial charge on any atom is 0.0209 e. The van der Waals surface area contributed by atoms with E-state index in [9.17, 15) is 0 Å². The summed E-state index contributed by atoms with van der Waals surface area (Å²) in [6.45, 7) is 10.4. The molecule has 1 aliphatic rings. The fraction of sp³-hybridized carbons (Fsp3) is 1.00. The molecule has 2 unspecified atom stereocenters. The Balaban J connectivity index is 2.24. The zero-order valence-corrected chi connectivity index (χ0v) is 11.0. The summed E-state index contributed by atoms with van der Waals surface area (Å²) in [5, 5.41) is 3.62. The molecular weight excluding hydrogens is 186 g/mol. The lowest BCUT2D eigenvalue weighted by molar-refractivity contribution is 0.217. The molecule has 0 aromatic rings. The van der Waals surface area contributed by atoms with Crippen LogP contribution in [-0.4, -0.2) is 61.7 Å². The molecule has 1 N–H and O–H groups in total. The predicted molar refractivity (Wildman–Crippen MR) is 66.3 cm³/mol. The van der Waals surface area contributed by atoms with Gasteiger partial charge in [0.25, 0.3) is 0 Å². The Morgan fingerprint density at radius 3 is 2.53 bits per heavy atom. The van der Waals surface area contributed by atoms with Crippen molar-refractivity contribution in [1.82, 2.24) is 15.1 Å². The highest BCUT2D eigenvalue weighted by atomic mass is 15.2. The van der Waals surface area contributed by atoms with E-state index < -0.39 is 0 Å². The van der Waals surface area contributed by atoms with E-state index in [1.807, 2.05) is 0 Å². The number of nitrogens with one attached hydrogen (secondary N) is 1. The van der Waals surface area contributed by atoms with Gasteiger partial charge in [0.05, 0.1) is 0 Å². The average molecular weight is 213 g/mol. The number of likely N-dealkylation sites (tertiary alicyclic amines) is 1. The summed E-state index contributed by atoms with van der Waals surface area (Å²) >= 11 is 0. The van der Waals surface area contributed by atoms with Crippen molar-refractivity contribution in [2.75, 3.05) is 33.7 Å². The Morgan fingerprint density at radius 2 is 2.00 bits per heavy atom. The van der Waals surface area contributed by atoms with Gasteiger partial charge in [0.1, 0.15) is 0 Å². The largest absolute Gasteiger partial charge is 0.310 e. The third-order valence-corrected chi connectivity index (χ3v) is 3.25. The highest BCUT2D eigenvalue weighted by Gasteiger charge is 2.23. The first-order valence-electron chi connectivity index (χ1n) is 6.14. The second-order valence-electron chi connectivity index (χ2n) is 5.38. The van der Waals surface area contributed by atoms with Crippen LogP contribution in [0.2, 0.25) is 0 Å². The highest BCUT2D eigenvalue weighted by Crippen LogP contribution is 2.11. The molecule has 0 bridgehead atoms. The molecular formula is C12H27N3. The molecule has 15 heavy (non-hydrogen) atoms. The molecule has 3 nitrogen and oxygen atoms in total. The molecule has 0 aromatic carbocycles. The first kappa shape index (κ1) is 12.9. The maximum absolute atomic E-state index is 3.62. The highest BCUT2D eigenvalue weighted by molar-refractivity contribution is 4.83. The second kappa shape index (κ2) is 5.83. The van der Waals surface area contributed by atoms with Gasteiger partial charge >= 0.3 is 0 Å². The van der Waals surface area contributed by atoms with Gasteiger partial charge in [-0.25, -0.2) is 0 Å². The normalized spacial score (nSPS) is 25.4. The first-order chi connectivity index (χ1) is 6.99. The molecule has 1 fully saturated rings. The molecule has 0 spiro atoms. The number of nitrogens with zero attached hydrogens (tertiary/aromatic N) is 2. The van der Waals surface area contributed by atoms with Crippen LogP contribution in [0.4, 0.5) is 0 Å². The van der Waals surface area contributed by atoms with Crippen molar-refractivity contribution in [1.29, 1.82) is 0 Å². The van der Waals surface area contributed by atoms with Crippen LogP contribution < -0.4 is 5.32 Å². The molecule has 0 amide bonds. The van der Waals surface area contributed by atoms with Gasteiger partial charge in [0.15, 0.2) is 0 Å². The number of rotatable bonds is 5. The zero-order chi connectivity index (χ0) is 11.4. The van der Waals surface area contributed by atoms with Crippen molar-refractivity contribution >= 4 is 0 Å². The molecule has 0 aromatic heterocycles. The van der Waals surface area contributed by atoms with Crippen molar-refractivity contribution in [3.05, 3.63) is 0 Å². The van der Waals surface area contributed by atoms with Gasteiger partial charge in [-0.3, -0.25) is 0 Å². The number of likely N-dealkylation sites (N-methyl/N-ethyl adjacent to an activating group) is 1. The van der Waals surface area contributed by atoms with Crippen LogP contribution in [0.5, 0.6) is 0 Å². The van der Waals surface area contributed by atoms with E-state index in [0.717, 1.165) is 0 Å². The SMILES string of the molecule is CC(C)NC1CCN(CC(C)N(C)C)C1. The van der Waals surface area contributed by atoms with Crippen molar-refractivity contribution in [3.8, 4) is 0 Å². The van der Waals surface area contributed by atoms with Crippen LogP contribution in [0, 0.1) is 0 Å². The Hall–Kier alpha value is -0.120. The molecule has 0 saturated carbocycles. The molecule has 3 heteroatoms. The number of hydrogen-bond donors (Lipinski definition) is 1. The molecule has 1 heterocycles. The van der Waals surface area contributed by atoms with E-state index >= 15 is 0 Å². The van der Waals surface area contributed by atoms with Crippen LogP contribution in [0.3, 0.4) is 0 Å². The summed E-state index contributed by atoms with van der Waals surface area (Å²) in [6, 6.07) is 1.98. The first-order valence-corrected chi connectivity index (χ1v) is 6.14. The lowest BCUT2D eigenvalue weighted by Crippen LogP contribution is -2.40. The minimum absolute atomic E-state index is 0.612. The molecule has 1 aliphatic heterocycles. The predicted octanol–water partition coefficient (Wildman–Crippen LogP) is 1.01. The van der Waals surface area contributed by atoms with Crippen molar-refractivity contribution in [2.45, 2.75) is 45.3 Å². The summed E-state index contributed by atoms with van der Waals surface area (Å²) < 4.78 is 0. The lowest BCUT2D eigenvalue weighted by atomic mass is 10.2. The average Bonchev–Trinajstić information content (AvgIpc) is 2.51. The number of hydrogen-bond acceptors (Lipinski definition) is 3. The van der Waals surface area contributed by atoms with Gasteiger partial charge in [-0.1, -0.05) is 13.8 Å². The van der Waals surface area contributed by atoms with Gasteiger partial charge in [-0.15, -0.1) is 0 Å². The molecule has 1 saturated heterocycles. The van der Waals surface area contributed by atoms with Gasteiger partial charge in [-0.2, -0.15) is 0 Å². The zero-order valence-electron chi connectivity index (χ0n) is 11.0. The third-order valence-electron chi connectivity index (χ3n) is 3.25. The van der Waals surface area contributed by atoms with Crippen molar-refractivity contribution in [2.24, 2.45) is 0 Å². The van der Waals surface area contributed by atoms with Gasteiger partial charge < -0.3 is 15.1 Å². The Bertz CT molecular complexity index is 180. The van der Waals surface area contributed by atoms with Gasteiger partial charge in [0, 0.05) is 31.2 Å². The molecule has 0 radical (unpaired) electrons. The third kappa shape index (κ3) is 4.49. The quantitative estimate of drug-likeness (QED) is 0.735. The molecule has 1 rings (SSSR count). The fourth-order valence-electron chi connectivity index (χ4n) is 2.14. The minimum Gasteiger partial charge on any atom is -0.310 e. The minimum atomic E-state index is 0.612. The van der Waals surface area contributed by atoms with E-state index in [-0.39, 0.29) is 0 Å². The topological polar surface area (TPSA) is 18.5 Å². The maximum atomic E-state index is 3.62. The van der Waals surface area contributed by atoms with E-state index in [1.54, 1.807) is 0 Å². The Kier molecular flexibility index (Phi) is 5.03. The van der Waals surface area contributed by atoms with Crippen LogP contribution in [-0.2, 0) is 0 Å². The van der Waals surface area contributed by atoms with Crippen LogP contribution in [0.25, 0.3) is 0 Å². The van der Waals surface area contributed by atoms with E-state index in [1.165, 1.54) is 26.1 Å². The van der Waals surface area contributed by atoms with Crippen molar-refractivity contribution in [3.63, 3.8) is 0 Å². The summed E-state index contributed by atoms with van der Waals surface area (Å²) in [7, 11) is 4.31. The Morgan fingerprint density at radius 1 is 1.33 bits per heavy atom. The van der Waals surface area contributed by atoms with Crippen LogP contribution in [0.15, 0.2) is 0 Å². The van der Waals surface area contributed by atoms with Crippen molar-refractivity contribution < 1.29 is 0 Å². The van der Waals surface area contributed by atoms with Gasteiger partial charge in [-0.05, 0) is 34.0 Å². The summed E-state index contributed by atoms with van der Waals surface area (Å²) in [5.41, 5.74) is 0.